The minimum Gasteiger partial charge on any atom is -0.102 e. The van der Waals surface area contributed by atoms with E-state index in [4.69, 9.17) is 0 Å². The summed E-state index contributed by atoms with van der Waals surface area (Å²) in [6.07, 6.45) is 3.79. The molecule has 0 aliphatic rings. The van der Waals surface area contributed by atoms with Gasteiger partial charge in [0.1, 0.15) is 0 Å². The molecule has 0 N–H and O–H groups in total. The summed E-state index contributed by atoms with van der Waals surface area (Å²) < 4.78 is 1.09. The zero-order chi connectivity index (χ0) is 9.84. The minimum atomic E-state index is 0.385. The van der Waals surface area contributed by atoms with Crippen LogP contribution in [0.4, 0.5) is 0 Å². The van der Waals surface area contributed by atoms with Crippen molar-refractivity contribution < 1.29 is 0 Å². The molecule has 0 aliphatic heterocycles. The highest BCUT2D eigenvalue weighted by Gasteiger charge is 2.02. The van der Waals surface area contributed by atoms with Crippen molar-refractivity contribution in [1.82, 2.24) is 0 Å². The lowest BCUT2D eigenvalue weighted by Crippen LogP contribution is -1.89. The standard InChI is InChI=1S/C12H13Br/c1-4-9(3)11-6-10(5-2)7-12(13)8-11/h4-9H,1-2H2,3H3. The van der Waals surface area contributed by atoms with Crippen molar-refractivity contribution in [2.24, 2.45) is 0 Å². The van der Waals surface area contributed by atoms with Crippen molar-refractivity contribution in [3.05, 3.63) is 53.0 Å². The molecule has 0 aromatic heterocycles. The van der Waals surface area contributed by atoms with Crippen LogP contribution < -0.4 is 0 Å². The summed E-state index contributed by atoms with van der Waals surface area (Å²) in [5.74, 6) is 0.385. The van der Waals surface area contributed by atoms with E-state index in [1.54, 1.807) is 0 Å². The van der Waals surface area contributed by atoms with Gasteiger partial charge in [0.15, 0.2) is 0 Å². The van der Waals surface area contributed by atoms with Crippen LogP contribution in [0.3, 0.4) is 0 Å². The summed E-state index contributed by atoms with van der Waals surface area (Å²) in [5.41, 5.74) is 2.40. The molecule has 0 amide bonds. The van der Waals surface area contributed by atoms with Gasteiger partial charge in [-0.25, -0.2) is 0 Å². The first-order valence-corrected chi connectivity index (χ1v) is 5.02. The molecule has 13 heavy (non-hydrogen) atoms. The van der Waals surface area contributed by atoms with E-state index in [0.717, 1.165) is 10.0 Å². The van der Waals surface area contributed by atoms with Crippen molar-refractivity contribution in [3.63, 3.8) is 0 Å². The Morgan fingerprint density at radius 1 is 1.31 bits per heavy atom. The molecule has 0 saturated carbocycles. The second-order valence-electron chi connectivity index (χ2n) is 3.05. The van der Waals surface area contributed by atoms with Gasteiger partial charge in [0.05, 0.1) is 0 Å². The number of benzene rings is 1. The fourth-order valence-corrected chi connectivity index (χ4v) is 1.68. The highest BCUT2D eigenvalue weighted by molar-refractivity contribution is 9.10. The van der Waals surface area contributed by atoms with Crippen LogP contribution in [-0.2, 0) is 0 Å². The molecular weight excluding hydrogens is 224 g/mol. The molecule has 68 valence electrons. The van der Waals surface area contributed by atoms with Gasteiger partial charge in [0, 0.05) is 4.47 Å². The molecule has 1 atom stereocenters. The Morgan fingerprint density at radius 2 is 2.00 bits per heavy atom. The van der Waals surface area contributed by atoms with E-state index in [1.807, 2.05) is 18.2 Å². The molecule has 0 nitrogen and oxygen atoms in total. The van der Waals surface area contributed by atoms with Crippen LogP contribution in [0.2, 0.25) is 0 Å². The maximum atomic E-state index is 3.78. The molecule has 0 bridgehead atoms. The smallest absolute Gasteiger partial charge is 0.0184 e. The van der Waals surface area contributed by atoms with Gasteiger partial charge in [-0.1, -0.05) is 47.7 Å². The monoisotopic (exact) mass is 236 g/mol. The Labute approximate surface area is 88.1 Å². The van der Waals surface area contributed by atoms with Crippen LogP contribution in [0.5, 0.6) is 0 Å². The van der Waals surface area contributed by atoms with Crippen LogP contribution in [-0.4, -0.2) is 0 Å². The topological polar surface area (TPSA) is 0 Å². The molecule has 0 saturated heterocycles. The molecule has 1 unspecified atom stereocenters. The van der Waals surface area contributed by atoms with E-state index in [-0.39, 0.29) is 0 Å². The SMILES string of the molecule is C=Cc1cc(Br)cc(C(C)C=C)c1. The maximum Gasteiger partial charge on any atom is 0.0184 e. The van der Waals surface area contributed by atoms with Gasteiger partial charge in [-0.3, -0.25) is 0 Å². The Morgan fingerprint density at radius 3 is 2.54 bits per heavy atom. The lowest BCUT2D eigenvalue weighted by molar-refractivity contribution is 0.969. The van der Waals surface area contributed by atoms with Crippen molar-refractivity contribution in [1.29, 1.82) is 0 Å². The second kappa shape index (κ2) is 4.43. The molecule has 1 aromatic carbocycles. The predicted molar refractivity (Wildman–Crippen MR) is 62.8 cm³/mol. The molecule has 0 aliphatic carbocycles. The van der Waals surface area contributed by atoms with Gasteiger partial charge in [0.2, 0.25) is 0 Å². The van der Waals surface area contributed by atoms with Crippen LogP contribution >= 0.6 is 15.9 Å². The first kappa shape index (κ1) is 10.3. The Kier molecular flexibility index (Phi) is 3.49. The van der Waals surface area contributed by atoms with Crippen molar-refractivity contribution in [2.75, 3.05) is 0 Å². The summed E-state index contributed by atoms with van der Waals surface area (Å²) in [7, 11) is 0. The fraction of sp³-hybridized carbons (Fsp3) is 0.167. The van der Waals surface area contributed by atoms with Crippen LogP contribution in [0, 0.1) is 0 Å². The third-order valence-corrected chi connectivity index (χ3v) is 2.52. The quantitative estimate of drug-likeness (QED) is 0.684. The van der Waals surface area contributed by atoms with E-state index in [1.165, 1.54) is 5.56 Å². The van der Waals surface area contributed by atoms with Gasteiger partial charge in [-0.15, -0.1) is 6.58 Å². The molecule has 1 rings (SSSR count). The largest absolute Gasteiger partial charge is 0.102 e. The molecule has 0 spiro atoms. The number of hydrogen-bond acceptors (Lipinski definition) is 0. The number of rotatable bonds is 3. The normalized spacial score (nSPS) is 12.2. The molecular formula is C12H13Br. The van der Waals surface area contributed by atoms with Gasteiger partial charge >= 0.3 is 0 Å². The zero-order valence-corrected chi connectivity index (χ0v) is 9.34. The van der Waals surface area contributed by atoms with Crippen molar-refractivity contribution in [3.8, 4) is 0 Å². The van der Waals surface area contributed by atoms with E-state index < -0.39 is 0 Å². The van der Waals surface area contributed by atoms with Crippen molar-refractivity contribution in [2.45, 2.75) is 12.8 Å². The Balaban J connectivity index is 3.14. The number of halogens is 1. The van der Waals surface area contributed by atoms with Gasteiger partial charge in [0.25, 0.3) is 0 Å². The first-order chi connectivity index (χ1) is 6.17. The summed E-state index contributed by atoms with van der Waals surface area (Å²) in [5, 5.41) is 0. The zero-order valence-electron chi connectivity index (χ0n) is 7.76. The lowest BCUT2D eigenvalue weighted by Gasteiger charge is -2.08. The second-order valence-corrected chi connectivity index (χ2v) is 3.96. The van der Waals surface area contributed by atoms with Crippen LogP contribution in [0.1, 0.15) is 24.0 Å². The fourth-order valence-electron chi connectivity index (χ4n) is 1.15. The van der Waals surface area contributed by atoms with Crippen LogP contribution in [0.25, 0.3) is 6.08 Å². The summed E-state index contributed by atoms with van der Waals surface area (Å²) >= 11 is 3.47. The molecule has 0 heterocycles. The van der Waals surface area contributed by atoms with Gasteiger partial charge in [-0.2, -0.15) is 0 Å². The minimum absolute atomic E-state index is 0.385. The van der Waals surface area contributed by atoms with Gasteiger partial charge < -0.3 is 0 Å². The molecule has 1 aromatic rings. The predicted octanol–water partition coefficient (Wildman–Crippen LogP) is 4.38. The summed E-state index contributed by atoms with van der Waals surface area (Å²) in [6, 6.07) is 6.29. The van der Waals surface area contributed by atoms with Gasteiger partial charge in [-0.05, 0) is 29.2 Å². The van der Waals surface area contributed by atoms with E-state index in [0.29, 0.717) is 5.92 Å². The lowest BCUT2D eigenvalue weighted by atomic mass is 9.99. The number of hydrogen-bond donors (Lipinski definition) is 0. The average Bonchev–Trinajstić information content (AvgIpc) is 2.15. The molecule has 0 radical (unpaired) electrons. The summed E-state index contributed by atoms with van der Waals surface area (Å²) in [4.78, 5) is 0. The van der Waals surface area contributed by atoms with Crippen LogP contribution in [0.15, 0.2) is 41.9 Å². The number of allylic oxidation sites excluding steroid dienone is 1. The Bertz CT molecular complexity index is 326. The summed E-state index contributed by atoms with van der Waals surface area (Å²) in [6.45, 7) is 9.66. The molecule has 0 fully saturated rings. The molecule has 1 heteroatoms. The average molecular weight is 237 g/mol. The maximum absolute atomic E-state index is 3.78. The van der Waals surface area contributed by atoms with E-state index >= 15 is 0 Å². The van der Waals surface area contributed by atoms with E-state index in [9.17, 15) is 0 Å². The third kappa shape index (κ3) is 2.56. The highest BCUT2D eigenvalue weighted by atomic mass is 79.9. The Hall–Kier alpha value is -0.820. The van der Waals surface area contributed by atoms with Crippen molar-refractivity contribution >= 4 is 22.0 Å². The first-order valence-electron chi connectivity index (χ1n) is 4.23. The van der Waals surface area contributed by atoms with E-state index in [2.05, 4.69) is 48.1 Å². The highest BCUT2D eigenvalue weighted by Crippen LogP contribution is 2.23. The third-order valence-electron chi connectivity index (χ3n) is 2.06.